The normalized spacial score (nSPS) is 31.2. The molecule has 2 bridgehead atoms. The summed E-state index contributed by atoms with van der Waals surface area (Å²) >= 11 is 0. The van der Waals surface area contributed by atoms with Gasteiger partial charge in [0.15, 0.2) is 0 Å². The second-order valence-electron chi connectivity index (χ2n) is 9.14. The van der Waals surface area contributed by atoms with Crippen LogP contribution in [0.5, 0.6) is 0 Å². The molecule has 0 saturated carbocycles. The lowest BCUT2D eigenvalue weighted by Gasteiger charge is -2.37. The Bertz CT molecular complexity index is 953. The number of hydrogen-bond donors (Lipinski definition) is 1. The number of likely N-dealkylation sites (tertiary alicyclic amines) is 2. The van der Waals surface area contributed by atoms with Gasteiger partial charge in [-0.2, -0.15) is 0 Å². The van der Waals surface area contributed by atoms with E-state index in [1.54, 1.807) is 11.8 Å². The van der Waals surface area contributed by atoms with E-state index >= 15 is 0 Å². The monoisotopic (exact) mass is 439 g/mol. The zero-order valence-corrected chi connectivity index (χ0v) is 18.5. The summed E-state index contributed by atoms with van der Waals surface area (Å²) in [5.74, 6) is -1.25. The van der Waals surface area contributed by atoms with Crippen LogP contribution in [0.15, 0.2) is 36.4 Å². The number of rotatable bonds is 4. The number of nitrogens with one attached hydrogen (secondary N) is 1. The van der Waals surface area contributed by atoms with Crippen LogP contribution in [0, 0.1) is 18.8 Å². The van der Waals surface area contributed by atoms with Gasteiger partial charge in [-0.1, -0.05) is 29.8 Å². The van der Waals surface area contributed by atoms with Crippen LogP contribution in [0.4, 0.5) is 10.5 Å². The molecule has 5 rings (SSSR count). The van der Waals surface area contributed by atoms with Gasteiger partial charge in [0.1, 0.15) is 5.60 Å². The fourth-order valence-corrected chi connectivity index (χ4v) is 5.57. The molecule has 0 radical (unpaired) electrons. The van der Waals surface area contributed by atoms with Gasteiger partial charge in [-0.15, -0.1) is 0 Å². The first kappa shape index (κ1) is 21.0. The van der Waals surface area contributed by atoms with Crippen molar-refractivity contribution in [2.45, 2.75) is 44.4 Å². The minimum Gasteiger partial charge on any atom is -0.450 e. The van der Waals surface area contributed by atoms with Crippen molar-refractivity contribution in [1.29, 1.82) is 0 Å². The number of aryl methyl sites for hydroxylation is 1. The number of amides is 3. The van der Waals surface area contributed by atoms with Crippen molar-refractivity contribution in [3.63, 3.8) is 0 Å². The van der Waals surface area contributed by atoms with E-state index in [1.807, 2.05) is 48.2 Å². The molecule has 4 heterocycles. The lowest BCUT2D eigenvalue weighted by Crippen LogP contribution is -2.49. The van der Waals surface area contributed by atoms with Gasteiger partial charge in [-0.25, -0.2) is 4.79 Å². The molecule has 32 heavy (non-hydrogen) atoms. The molecule has 1 aromatic carbocycles. The molecule has 8 nitrogen and oxygen atoms in total. The van der Waals surface area contributed by atoms with Crippen LogP contribution in [0.2, 0.25) is 0 Å². The molecule has 4 aliphatic rings. The molecule has 4 aliphatic heterocycles. The summed E-state index contributed by atoms with van der Waals surface area (Å²) < 4.78 is 11.3. The first-order valence-corrected chi connectivity index (χ1v) is 11.4. The maximum absolute atomic E-state index is 13.5. The number of carbonyl (C=O) groups excluding carboxylic acids is 3. The smallest absolute Gasteiger partial charge is 0.409 e. The third-order valence-electron chi connectivity index (χ3n) is 7.18. The number of nitrogens with zero attached hydrogens (tertiary/aromatic N) is 2. The molecule has 3 fully saturated rings. The predicted molar refractivity (Wildman–Crippen MR) is 117 cm³/mol. The van der Waals surface area contributed by atoms with Crippen LogP contribution in [-0.4, -0.2) is 71.7 Å². The Morgan fingerprint density at radius 2 is 1.94 bits per heavy atom. The number of hydrogen-bond acceptors (Lipinski definition) is 5. The maximum Gasteiger partial charge on any atom is 0.409 e. The molecule has 4 atom stereocenters. The fourth-order valence-electron chi connectivity index (χ4n) is 5.57. The lowest BCUT2D eigenvalue weighted by atomic mass is 9.76. The van der Waals surface area contributed by atoms with Crippen LogP contribution in [0.1, 0.15) is 25.3 Å². The Morgan fingerprint density at radius 1 is 1.22 bits per heavy atom. The molecular formula is C24H29N3O5. The zero-order chi connectivity index (χ0) is 22.5. The molecule has 3 amide bonds. The van der Waals surface area contributed by atoms with Gasteiger partial charge >= 0.3 is 6.09 Å². The molecule has 8 heteroatoms. The third kappa shape index (κ3) is 3.37. The number of benzene rings is 1. The number of ether oxygens (including phenoxy) is 2. The lowest BCUT2D eigenvalue weighted by molar-refractivity contribution is -0.138. The highest BCUT2D eigenvalue weighted by molar-refractivity contribution is 5.99. The second kappa shape index (κ2) is 7.92. The Labute approximate surface area is 187 Å². The van der Waals surface area contributed by atoms with E-state index in [0.717, 1.165) is 11.3 Å². The van der Waals surface area contributed by atoms with Crippen LogP contribution in [0.3, 0.4) is 0 Å². The molecule has 1 spiro atoms. The number of piperidine rings is 1. The van der Waals surface area contributed by atoms with Gasteiger partial charge in [0.25, 0.3) is 0 Å². The van der Waals surface area contributed by atoms with Gasteiger partial charge in [-0.3, -0.25) is 9.59 Å². The third-order valence-corrected chi connectivity index (χ3v) is 7.18. The Morgan fingerprint density at radius 3 is 2.62 bits per heavy atom. The van der Waals surface area contributed by atoms with Crippen molar-refractivity contribution >= 4 is 23.6 Å². The quantitative estimate of drug-likeness (QED) is 0.728. The second-order valence-corrected chi connectivity index (χ2v) is 9.14. The van der Waals surface area contributed by atoms with Gasteiger partial charge in [0, 0.05) is 24.8 Å². The standard InChI is InChI=1S/C24H29N3O5/c1-3-31-23(30)26-12-9-17(10-13-26)27-14-24-11-8-18(32-24)19(20(24)22(27)29)21(28)25-16-6-4-15(2)5-7-16/h4-8,11,17-20H,3,9-10,12-14H2,1-2H3,(H,25,28)/t18-,19?,20-,24?/m1/s1. The SMILES string of the molecule is CCOC(=O)N1CCC(N2CC34C=C[C@@H](O3)C(C(=O)Nc3ccc(C)cc3)[C@@H]4C2=O)CC1. The van der Waals surface area contributed by atoms with Crippen molar-refractivity contribution in [2.24, 2.45) is 11.8 Å². The van der Waals surface area contributed by atoms with Gasteiger partial charge in [0.05, 0.1) is 31.1 Å². The van der Waals surface area contributed by atoms with E-state index in [0.29, 0.717) is 39.1 Å². The van der Waals surface area contributed by atoms with Gasteiger partial charge in [0.2, 0.25) is 11.8 Å². The first-order chi connectivity index (χ1) is 15.4. The molecule has 0 aliphatic carbocycles. The molecule has 0 aromatic heterocycles. The average molecular weight is 440 g/mol. The molecule has 1 N–H and O–H groups in total. The summed E-state index contributed by atoms with van der Waals surface area (Å²) in [4.78, 5) is 42.3. The highest BCUT2D eigenvalue weighted by atomic mass is 16.6. The largest absolute Gasteiger partial charge is 0.450 e. The zero-order valence-electron chi connectivity index (χ0n) is 18.5. The Balaban J connectivity index is 1.29. The molecular weight excluding hydrogens is 410 g/mol. The summed E-state index contributed by atoms with van der Waals surface area (Å²) in [6.07, 6.45) is 4.62. The van der Waals surface area contributed by atoms with E-state index in [-0.39, 0.29) is 30.1 Å². The number of fused-ring (bicyclic) bond motifs is 1. The first-order valence-electron chi connectivity index (χ1n) is 11.4. The average Bonchev–Trinajstić information content (AvgIpc) is 3.44. The minimum atomic E-state index is -0.727. The van der Waals surface area contributed by atoms with Crippen molar-refractivity contribution < 1.29 is 23.9 Å². The summed E-state index contributed by atoms with van der Waals surface area (Å²) in [6.45, 7) is 5.71. The number of carbonyl (C=O) groups is 3. The van der Waals surface area contributed by atoms with Crippen molar-refractivity contribution in [3.05, 3.63) is 42.0 Å². The van der Waals surface area contributed by atoms with E-state index < -0.39 is 17.4 Å². The van der Waals surface area contributed by atoms with Crippen LogP contribution in [0.25, 0.3) is 0 Å². The van der Waals surface area contributed by atoms with Crippen LogP contribution in [-0.2, 0) is 19.1 Å². The van der Waals surface area contributed by atoms with Crippen LogP contribution < -0.4 is 5.32 Å². The highest BCUT2D eigenvalue weighted by Gasteiger charge is 2.67. The number of anilines is 1. The molecule has 1 aromatic rings. The van der Waals surface area contributed by atoms with Crippen LogP contribution >= 0.6 is 0 Å². The molecule has 2 unspecified atom stereocenters. The summed E-state index contributed by atoms with van der Waals surface area (Å²) in [5.41, 5.74) is 1.11. The van der Waals surface area contributed by atoms with Gasteiger partial charge in [-0.05, 0) is 38.8 Å². The minimum absolute atomic E-state index is 0.0181. The predicted octanol–water partition coefficient (Wildman–Crippen LogP) is 2.34. The maximum atomic E-state index is 13.5. The van der Waals surface area contributed by atoms with E-state index in [2.05, 4.69) is 5.32 Å². The highest BCUT2D eigenvalue weighted by Crippen LogP contribution is 2.52. The topological polar surface area (TPSA) is 88.2 Å². The summed E-state index contributed by atoms with van der Waals surface area (Å²) in [5, 5.41) is 2.97. The Hall–Kier alpha value is -2.87. The molecule has 3 saturated heterocycles. The van der Waals surface area contributed by atoms with E-state index in [1.165, 1.54) is 0 Å². The van der Waals surface area contributed by atoms with Crippen molar-refractivity contribution in [1.82, 2.24) is 9.80 Å². The summed E-state index contributed by atoms with van der Waals surface area (Å²) in [7, 11) is 0. The summed E-state index contributed by atoms with van der Waals surface area (Å²) in [6, 6.07) is 7.66. The Kier molecular flexibility index (Phi) is 5.20. The fraction of sp³-hybridized carbons (Fsp3) is 0.542. The van der Waals surface area contributed by atoms with E-state index in [9.17, 15) is 14.4 Å². The van der Waals surface area contributed by atoms with E-state index in [4.69, 9.17) is 9.47 Å². The molecule has 170 valence electrons. The van der Waals surface area contributed by atoms with Crippen molar-refractivity contribution in [2.75, 3.05) is 31.6 Å². The van der Waals surface area contributed by atoms with Gasteiger partial charge < -0.3 is 24.6 Å². The van der Waals surface area contributed by atoms with Crippen molar-refractivity contribution in [3.8, 4) is 0 Å².